The smallest absolute Gasteiger partial charge is 0.171 e. The average Bonchev–Trinajstić information content (AvgIpc) is 3.16. The number of allylic oxidation sites excluding steroid dienone is 1. The largest absolute Gasteiger partial charge is 0.393 e. The van der Waals surface area contributed by atoms with Crippen molar-refractivity contribution in [3.63, 3.8) is 0 Å². The first-order chi connectivity index (χ1) is 14.3. The summed E-state index contributed by atoms with van der Waals surface area (Å²) in [5.74, 6) is 3.94. The molecule has 0 amide bonds. The maximum atomic E-state index is 10.3. The van der Waals surface area contributed by atoms with E-state index in [0.29, 0.717) is 34.7 Å². The molecule has 0 aromatic rings. The van der Waals surface area contributed by atoms with E-state index < -0.39 is 0 Å². The number of ether oxygens (including phenoxy) is 2. The van der Waals surface area contributed by atoms with Gasteiger partial charge in [-0.25, -0.2) is 0 Å². The van der Waals surface area contributed by atoms with Crippen molar-refractivity contribution >= 4 is 0 Å². The van der Waals surface area contributed by atoms with Crippen molar-refractivity contribution in [1.29, 1.82) is 0 Å². The van der Waals surface area contributed by atoms with Crippen LogP contribution in [0, 0.1) is 46.3 Å². The van der Waals surface area contributed by atoms with Crippen LogP contribution in [0.1, 0.15) is 85.5 Å². The number of hydrogen-bond donors (Lipinski definition) is 1. The van der Waals surface area contributed by atoms with E-state index in [1.54, 1.807) is 5.57 Å². The van der Waals surface area contributed by atoms with E-state index in [0.717, 1.165) is 43.6 Å². The Morgan fingerprint density at radius 2 is 1.87 bits per heavy atom. The minimum Gasteiger partial charge on any atom is -0.393 e. The highest BCUT2D eigenvalue weighted by Gasteiger charge is 2.68. The van der Waals surface area contributed by atoms with E-state index >= 15 is 0 Å². The number of rotatable bonds is 0. The average molecular weight is 415 g/mol. The summed E-state index contributed by atoms with van der Waals surface area (Å²) >= 11 is 0. The van der Waals surface area contributed by atoms with Crippen molar-refractivity contribution in [3.8, 4) is 0 Å². The third kappa shape index (κ3) is 2.55. The number of aliphatic hydroxyl groups excluding tert-OH is 1. The lowest BCUT2D eigenvalue weighted by Crippen LogP contribution is -2.52. The van der Waals surface area contributed by atoms with E-state index in [9.17, 15) is 5.11 Å². The minimum atomic E-state index is -0.294. The molecule has 11 atom stereocenters. The van der Waals surface area contributed by atoms with Crippen LogP contribution in [0.5, 0.6) is 0 Å². The van der Waals surface area contributed by atoms with Crippen LogP contribution < -0.4 is 0 Å². The lowest BCUT2D eigenvalue weighted by Gasteiger charge is -2.58. The third-order valence-electron chi connectivity index (χ3n) is 11.3. The van der Waals surface area contributed by atoms with Gasteiger partial charge in [0.25, 0.3) is 0 Å². The second-order valence-corrected chi connectivity index (χ2v) is 12.7. The summed E-state index contributed by atoms with van der Waals surface area (Å²) in [5, 5.41) is 10.3. The fraction of sp³-hybridized carbons (Fsp3) is 0.926. The van der Waals surface area contributed by atoms with Gasteiger partial charge in [-0.3, -0.25) is 0 Å². The molecule has 2 heterocycles. The molecule has 0 aromatic carbocycles. The van der Waals surface area contributed by atoms with Gasteiger partial charge in [-0.05, 0) is 91.8 Å². The van der Waals surface area contributed by atoms with Crippen LogP contribution in [-0.4, -0.2) is 29.7 Å². The molecule has 6 aliphatic rings. The SMILES string of the molecule is C[C@@H]1CCC2(OC1)O[C@H]1CC3C4CC=C5C[C@@H](O)CC[C@]5(C)C4CC[C@]3(C)C1[C@@H]2C. The van der Waals surface area contributed by atoms with Crippen LogP contribution in [0.3, 0.4) is 0 Å². The number of aliphatic hydroxyl groups is 1. The van der Waals surface area contributed by atoms with Gasteiger partial charge in [0.05, 0.1) is 18.8 Å². The predicted molar refractivity (Wildman–Crippen MR) is 118 cm³/mol. The summed E-state index contributed by atoms with van der Waals surface area (Å²) < 4.78 is 13.3. The fourth-order valence-electron chi connectivity index (χ4n) is 9.66. The molecule has 4 aliphatic carbocycles. The van der Waals surface area contributed by atoms with Gasteiger partial charge in [0, 0.05) is 12.3 Å². The van der Waals surface area contributed by atoms with Crippen LogP contribution in [0.4, 0.5) is 0 Å². The molecule has 0 radical (unpaired) electrons. The molecule has 2 saturated heterocycles. The van der Waals surface area contributed by atoms with Crippen LogP contribution >= 0.6 is 0 Å². The van der Waals surface area contributed by atoms with E-state index in [2.05, 4.69) is 33.8 Å². The first-order valence-corrected chi connectivity index (χ1v) is 13.0. The quantitative estimate of drug-likeness (QED) is 0.516. The summed E-state index contributed by atoms with van der Waals surface area (Å²) in [4.78, 5) is 0. The molecule has 168 valence electrons. The van der Waals surface area contributed by atoms with Crippen molar-refractivity contribution in [1.82, 2.24) is 0 Å². The van der Waals surface area contributed by atoms with Gasteiger partial charge in [-0.1, -0.05) is 39.3 Å². The van der Waals surface area contributed by atoms with Gasteiger partial charge in [0.2, 0.25) is 0 Å². The zero-order valence-corrected chi connectivity index (χ0v) is 19.5. The molecule has 1 spiro atoms. The molecule has 0 bridgehead atoms. The zero-order chi connectivity index (χ0) is 20.9. The molecule has 6 rings (SSSR count). The summed E-state index contributed by atoms with van der Waals surface area (Å²) in [6.07, 6.45) is 13.5. The predicted octanol–water partition coefficient (Wildman–Crippen LogP) is 5.71. The molecule has 0 aromatic heterocycles. The molecule has 5 unspecified atom stereocenters. The Balaban J connectivity index is 1.28. The van der Waals surface area contributed by atoms with Crippen molar-refractivity contribution in [2.75, 3.05) is 6.61 Å². The van der Waals surface area contributed by atoms with Crippen LogP contribution in [0.15, 0.2) is 11.6 Å². The van der Waals surface area contributed by atoms with Gasteiger partial charge in [0.15, 0.2) is 5.79 Å². The van der Waals surface area contributed by atoms with Crippen LogP contribution in [0.25, 0.3) is 0 Å². The van der Waals surface area contributed by atoms with Gasteiger partial charge >= 0.3 is 0 Å². The number of fused-ring (bicyclic) bond motifs is 7. The van der Waals surface area contributed by atoms with Crippen molar-refractivity contribution in [2.24, 2.45) is 46.3 Å². The molecular weight excluding hydrogens is 372 g/mol. The van der Waals surface area contributed by atoms with Gasteiger partial charge in [-0.15, -0.1) is 0 Å². The van der Waals surface area contributed by atoms with E-state index in [-0.39, 0.29) is 11.9 Å². The highest BCUT2D eigenvalue weighted by Crippen LogP contribution is 2.70. The first kappa shape index (κ1) is 20.2. The molecular formula is C27H42O3. The first-order valence-electron chi connectivity index (χ1n) is 13.0. The summed E-state index contributed by atoms with van der Waals surface area (Å²) in [7, 11) is 0. The Kier molecular flexibility index (Phi) is 4.44. The topological polar surface area (TPSA) is 38.7 Å². The molecule has 30 heavy (non-hydrogen) atoms. The molecule has 2 aliphatic heterocycles. The van der Waals surface area contributed by atoms with E-state index in [4.69, 9.17) is 9.47 Å². The Hall–Kier alpha value is -0.380. The summed E-state index contributed by atoms with van der Waals surface area (Å²) in [5.41, 5.74) is 2.31. The number of hydrogen-bond acceptors (Lipinski definition) is 3. The lowest BCUT2D eigenvalue weighted by molar-refractivity contribution is -0.272. The van der Waals surface area contributed by atoms with Crippen molar-refractivity contribution < 1.29 is 14.6 Å². The molecule has 3 heteroatoms. The molecule has 3 nitrogen and oxygen atoms in total. The minimum absolute atomic E-state index is 0.107. The van der Waals surface area contributed by atoms with Crippen molar-refractivity contribution in [3.05, 3.63) is 11.6 Å². The maximum absolute atomic E-state index is 10.3. The standard InChI is InChI=1S/C27H42O3/c1-16-7-12-27(29-15-16)17(2)24-23(30-27)14-22-20-6-5-18-13-19(28)8-10-25(18,3)21(20)9-11-26(22,24)4/h5,16-17,19-24,28H,6-15H2,1-4H3/t16-,17+,19+,20?,21?,22?,23+,24?,25+,26+,27?/m1/s1. The third-order valence-corrected chi connectivity index (χ3v) is 11.3. The van der Waals surface area contributed by atoms with Crippen molar-refractivity contribution in [2.45, 2.75) is 103 Å². The molecule has 1 N–H and O–H groups in total. The normalized spacial score (nSPS) is 59.8. The van der Waals surface area contributed by atoms with Crippen LogP contribution in [0.2, 0.25) is 0 Å². The van der Waals surface area contributed by atoms with Gasteiger partial charge in [-0.2, -0.15) is 0 Å². The Morgan fingerprint density at radius 1 is 1.03 bits per heavy atom. The Morgan fingerprint density at radius 3 is 2.63 bits per heavy atom. The summed E-state index contributed by atoms with van der Waals surface area (Å²) in [6, 6.07) is 0. The Bertz CT molecular complexity index is 736. The second-order valence-electron chi connectivity index (χ2n) is 12.7. The summed E-state index contributed by atoms with van der Waals surface area (Å²) in [6.45, 7) is 10.8. The fourth-order valence-corrected chi connectivity index (χ4v) is 9.66. The monoisotopic (exact) mass is 414 g/mol. The highest BCUT2D eigenvalue weighted by atomic mass is 16.7. The van der Waals surface area contributed by atoms with E-state index in [1.165, 1.54) is 38.5 Å². The zero-order valence-electron chi connectivity index (χ0n) is 19.5. The van der Waals surface area contributed by atoms with Gasteiger partial charge in [0.1, 0.15) is 0 Å². The van der Waals surface area contributed by atoms with E-state index in [1.807, 2.05) is 0 Å². The lowest BCUT2D eigenvalue weighted by atomic mass is 9.47. The molecule has 5 fully saturated rings. The molecule has 3 saturated carbocycles. The maximum Gasteiger partial charge on any atom is 0.171 e. The van der Waals surface area contributed by atoms with Crippen LogP contribution in [-0.2, 0) is 9.47 Å². The highest BCUT2D eigenvalue weighted by molar-refractivity contribution is 5.26. The second kappa shape index (κ2) is 6.58. The van der Waals surface area contributed by atoms with Gasteiger partial charge < -0.3 is 14.6 Å². The Labute approximate surface area is 183 Å².